The smallest absolute Gasteiger partial charge is 0.229 e. The minimum Gasteiger partial charge on any atom is -0.507 e. The maximum Gasteiger partial charge on any atom is 0.229 e. The number of aliphatic hydroxyl groups is 7. The second kappa shape index (κ2) is 12.2. The Balaban J connectivity index is 1.48. The number of phenolic OH excluding ortho intramolecular Hbond substituents is 3. The number of fused-ring (bicyclic) bond motifs is 1. The van der Waals surface area contributed by atoms with Gasteiger partial charge in [-0.1, -0.05) is 0 Å². The minimum atomic E-state index is -1.88. The van der Waals surface area contributed by atoms with Crippen LogP contribution in [0.5, 0.6) is 23.0 Å². The van der Waals surface area contributed by atoms with Crippen LogP contribution in [0.3, 0.4) is 0 Å². The summed E-state index contributed by atoms with van der Waals surface area (Å²) >= 11 is 0. The van der Waals surface area contributed by atoms with E-state index in [0.29, 0.717) is 0 Å². The van der Waals surface area contributed by atoms with E-state index >= 15 is 0 Å². The first-order valence-electron chi connectivity index (χ1n) is 13.0. The molecule has 10 atom stereocenters. The largest absolute Gasteiger partial charge is 0.507 e. The van der Waals surface area contributed by atoms with Crippen molar-refractivity contribution in [2.75, 3.05) is 13.2 Å². The first-order chi connectivity index (χ1) is 20.4. The van der Waals surface area contributed by atoms with Crippen molar-refractivity contribution in [2.45, 2.75) is 61.4 Å². The lowest BCUT2D eigenvalue weighted by atomic mass is 9.97. The van der Waals surface area contributed by atoms with Gasteiger partial charge in [0.05, 0.1) is 13.2 Å². The Morgan fingerprint density at radius 3 is 2.00 bits per heavy atom. The van der Waals surface area contributed by atoms with Crippen LogP contribution < -0.4 is 10.2 Å². The van der Waals surface area contributed by atoms with E-state index in [1.807, 2.05) is 0 Å². The predicted octanol–water partition coefficient (Wildman–Crippen LogP) is -2.42. The molecule has 3 heterocycles. The van der Waals surface area contributed by atoms with E-state index in [9.17, 15) is 55.9 Å². The third-order valence-corrected chi connectivity index (χ3v) is 7.26. The molecule has 10 unspecified atom stereocenters. The molecule has 0 bridgehead atoms. The van der Waals surface area contributed by atoms with Crippen LogP contribution in [0.15, 0.2) is 45.6 Å². The Hall–Kier alpha value is -3.55. The van der Waals surface area contributed by atoms with Gasteiger partial charge in [0, 0.05) is 23.8 Å². The Labute approximate surface area is 241 Å². The van der Waals surface area contributed by atoms with E-state index in [2.05, 4.69) is 0 Å². The van der Waals surface area contributed by atoms with Crippen molar-refractivity contribution in [2.24, 2.45) is 0 Å². The van der Waals surface area contributed by atoms with Crippen LogP contribution in [0.1, 0.15) is 0 Å². The summed E-state index contributed by atoms with van der Waals surface area (Å²) < 4.78 is 28.1. The monoisotopic (exact) mass is 610 g/mol. The van der Waals surface area contributed by atoms with Gasteiger partial charge < -0.3 is 74.4 Å². The third-order valence-electron chi connectivity index (χ3n) is 7.26. The van der Waals surface area contributed by atoms with Crippen molar-refractivity contribution in [1.82, 2.24) is 0 Å². The average molecular weight is 611 g/mol. The highest BCUT2D eigenvalue weighted by atomic mass is 16.8. The van der Waals surface area contributed by atoms with Crippen LogP contribution in [0.2, 0.25) is 0 Å². The fourth-order valence-corrected chi connectivity index (χ4v) is 4.90. The Kier molecular flexibility index (Phi) is 8.77. The zero-order valence-electron chi connectivity index (χ0n) is 22.1. The Morgan fingerprint density at radius 2 is 1.35 bits per heavy atom. The van der Waals surface area contributed by atoms with Crippen LogP contribution >= 0.6 is 0 Å². The molecule has 0 amide bonds. The van der Waals surface area contributed by atoms with Gasteiger partial charge in [-0.05, 0) is 18.2 Å². The van der Waals surface area contributed by atoms with Gasteiger partial charge in [-0.25, -0.2) is 0 Å². The van der Waals surface area contributed by atoms with Crippen LogP contribution in [0.25, 0.3) is 22.3 Å². The lowest BCUT2D eigenvalue weighted by Crippen LogP contribution is -2.65. The zero-order valence-corrected chi connectivity index (χ0v) is 22.1. The van der Waals surface area contributed by atoms with Crippen molar-refractivity contribution in [1.29, 1.82) is 0 Å². The van der Waals surface area contributed by atoms with E-state index in [4.69, 9.17) is 23.4 Å². The molecule has 2 saturated heterocycles. The number of rotatable bonds is 7. The van der Waals surface area contributed by atoms with Gasteiger partial charge in [0.2, 0.25) is 6.29 Å². The molecule has 43 heavy (non-hydrogen) atoms. The second-order valence-electron chi connectivity index (χ2n) is 10.1. The normalized spacial score (nSPS) is 33.0. The number of hydrogen-bond donors (Lipinski definition) is 10. The number of ether oxygens (including phenoxy) is 4. The third kappa shape index (κ3) is 5.85. The van der Waals surface area contributed by atoms with Gasteiger partial charge in [-0.15, -0.1) is 0 Å². The molecule has 0 aliphatic carbocycles. The molecule has 3 aromatic rings. The van der Waals surface area contributed by atoms with Crippen molar-refractivity contribution in [3.05, 3.63) is 46.6 Å². The summed E-state index contributed by atoms with van der Waals surface area (Å²) in [4.78, 5) is 12.8. The lowest BCUT2D eigenvalue weighted by Gasteiger charge is -2.45. The van der Waals surface area contributed by atoms with Crippen molar-refractivity contribution in [3.8, 4) is 34.3 Å². The summed E-state index contributed by atoms with van der Waals surface area (Å²) in [5.74, 6) is -1.71. The molecule has 0 spiro atoms. The molecular formula is C27H30O16. The molecule has 2 aliphatic rings. The lowest BCUT2D eigenvalue weighted by molar-refractivity contribution is -0.357. The fourth-order valence-electron chi connectivity index (χ4n) is 4.90. The van der Waals surface area contributed by atoms with Gasteiger partial charge in [0.1, 0.15) is 71.0 Å². The van der Waals surface area contributed by atoms with Crippen LogP contribution in [-0.2, 0) is 14.2 Å². The number of benzene rings is 2. The molecule has 16 nitrogen and oxygen atoms in total. The average Bonchev–Trinajstić information content (AvgIpc) is 2.97. The highest BCUT2D eigenvalue weighted by Crippen LogP contribution is 2.36. The summed E-state index contributed by atoms with van der Waals surface area (Å²) in [5, 5.41) is 101. The number of hydrogen-bond acceptors (Lipinski definition) is 16. The molecule has 2 fully saturated rings. The zero-order chi connectivity index (χ0) is 31.2. The first kappa shape index (κ1) is 30.9. The summed E-state index contributed by atoms with van der Waals surface area (Å²) in [6, 6.07) is 6.97. The SMILES string of the molecule is O=c1cc(-c2ccc(O)c(O)c2)oc2cc(OC3OC(CO)C(O)C(O)C3OC3OC(CO)C(O)C(O)C3O)cc(O)c12. The minimum absolute atomic E-state index is 0.0408. The predicted molar refractivity (Wildman–Crippen MR) is 140 cm³/mol. The summed E-state index contributed by atoms with van der Waals surface area (Å²) in [5.41, 5.74) is -0.636. The standard InChI is InChI=1S/C27H30O16/c28-7-17-20(34)22(36)24(38)26(41-17)43-25-23(37)21(35)18(8-29)42-27(25)39-10-4-13(32)19-14(33)6-15(40-16(19)5-10)9-1-2-11(30)12(31)3-9/h1-6,17-18,20-32,34-38H,7-8H2. The van der Waals surface area contributed by atoms with Crippen molar-refractivity contribution in [3.63, 3.8) is 0 Å². The van der Waals surface area contributed by atoms with Gasteiger partial charge >= 0.3 is 0 Å². The van der Waals surface area contributed by atoms with Gasteiger partial charge in [-0.2, -0.15) is 0 Å². The molecule has 0 saturated carbocycles. The molecule has 0 radical (unpaired) electrons. The summed E-state index contributed by atoms with van der Waals surface area (Å²) in [6.07, 6.45) is -16.9. The molecule has 2 aliphatic heterocycles. The van der Waals surface area contributed by atoms with Crippen LogP contribution in [-0.4, -0.2) is 126 Å². The maximum absolute atomic E-state index is 12.8. The molecule has 2 aromatic carbocycles. The summed E-state index contributed by atoms with van der Waals surface area (Å²) in [6.45, 7) is -1.54. The first-order valence-corrected chi connectivity index (χ1v) is 13.0. The fraction of sp³-hybridized carbons (Fsp3) is 0.444. The van der Waals surface area contributed by atoms with Crippen molar-refractivity contribution < 1.29 is 74.4 Å². The van der Waals surface area contributed by atoms with Crippen LogP contribution in [0.4, 0.5) is 0 Å². The topological polar surface area (TPSA) is 269 Å². The van der Waals surface area contributed by atoms with E-state index < -0.39 is 97.3 Å². The summed E-state index contributed by atoms with van der Waals surface area (Å²) in [7, 11) is 0. The van der Waals surface area contributed by atoms with E-state index in [1.165, 1.54) is 18.2 Å². The van der Waals surface area contributed by atoms with E-state index in [0.717, 1.165) is 18.2 Å². The Morgan fingerprint density at radius 1 is 0.698 bits per heavy atom. The molecule has 5 rings (SSSR count). The molecule has 234 valence electrons. The number of phenols is 3. The second-order valence-corrected chi connectivity index (χ2v) is 10.1. The van der Waals surface area contributed by atoms with Gasteiger partial charge in [0.15, 0.2) is 29.3 Å². The highest BCUT2D eigenvalue weighted by molar-refractivity contribution is 5.86. The van der Waals surface area contributed by atoms with E-state index in [-0.39, 0.29) is 28.0 Å². The van der Waals surface area contributed by atoms with Crippen LogP contribution in [0, 0.1) is 0 Å². The highest BCUT2D eigenvalue weighted by Gasteiger charge is 2.51. The van der Waals surface area contributed by atoms with E-state index in [1.54, 1.807) is 0 Å². The Bertz CT molecular complexity index is 1510. The van der Waals surface area contributed by atoms with Crippen molar-refractivity contribution >= 4 is 11.0 Å². The molecular weight excluding hydrogens is 580 g/mol. The quantitative estimate of drug-likeness (QED) is 0.125. The van der Waals surface area contributed by atoms with Gasteiger partial charge in [0.25, 0.3) is 0 Å². The molecule has 16 heteroatoms. The molecule has 10 N–H and O–H groups in total. The van der Waals surface area contributed by atoms with Gasteiger partial charge in [-0.3, -0.25) is 4.79 Å². The number of aromatic hydroxyl groups is 3. The maximum atomic E-state index is 12.8. The number of aliphatic hydroxyl groups excluding tert-OH is 7. The molecule has 1 aromatic heterocycles.